The van der Waals surface area contributed by atoms with Crippen LogP contribution in [-0.2, 0) is 4.79 Å². The van der Waals surface area contributed by atoms with Crippen LogP contribution in [0.15, 0.2) is 42.5 Å². The van der Waals surface area contributed by atoms with Crippen molar-refractivity contribution in [2.24, 2.45) is 0 Å². The summed E-state index contributed by atoms with van der Waals surface area (Å²) in [5, 5.41) is 3.32. The highest BCUT2D eigenvalue weighted by molar-refractivity contribution is 8.00. The summed E-state index contributed by atoms with van der Waals surface area (Å²) in [6, 6.07) is 12.6. The normalized spacial score (nSPS) is 16.1. The van der Waals surface area contributed by atoms with Crippen LogP contribution in [0.3, 0.4) is 0 Å². The van der Waals surface area contributed by atoms with Crippen LogP contribution in [-0.4, -0.2) is 34.7 Å². The van der Waals surface area contributed by atoms with E-state index < -0.39 is 11.3 Å². The van der Waals surface area contributed by atoms with Crippen LogP contribution in [0.4, 0.5) is 0 Å². The number of rotatable bonds is 4. The van der Waals surface area contributed by atoms with Gasteiger partial charge < -0.3 is 4.74 Å². The lowest BCUT2D eigenvalue weighted by atomic mass is 10.1. The lowest BCUT2D eigenvalue weighted by Crippen LogP contribution is -2.44. The summed E-state index contributed by atoms with van der Waals surface area (Å²) in [4.78, 5) is 30.5. The number of carbonyl (C=O) groups excluding carboxylic acids is 2. The molecule has 1 aliphatic rings. The molecule has 0 saturated carbocycles. The second-order valence-electron chi connectivity index (χ2n) is 7.18. The molecule has 2 aromatic heterocycles. The number of ether oxygens (including phenoxy) is 1. The van der Waals surface area contributed by atoms with E-state index in [0.29, 0.717) is 37.1 Å². The molecule has 1 aliphatic heterocycles. The van der Waals surface area contributed by atoms with Crippen molar-refractivity contribution < 1.29 is 14.3 Å². The van der Waals surface area contributed by atoms with Gasteiger partial charge in [-0.2, -0.15) is 0 Å². The van der Waals surface area contributed by atoms with Crippen molar-refractivity contribution in [2.45, 2.75) is 5.37 Å². The average molecular weight is 539 g/mol. The van der Waals surface area contributed by atoms with E-state index in [0.717, 1.165) is 10.1 Å². The Balaban J connectivity index is 1.48. The van der Waals surface area contributed by atoms with Crippen LogP contribution < -0.4 is 10.2 Å². The molecule has 1 saturated heterocycles. The molecule has 1 atom stereocenters. The van der Waals surface area contributed by atoms with E-state index in [1.807, 2.05) is 18.2 Å². The van der Waals surface area contributed by atoms with Crippen molar-refractivity contribution in [3.05, 3.63) is 68.1 Å². The average Bonchev–Trinajstić information content (AvgIpc) is 3.32. The summed E-state index contributed by atoms with van der Waals surface area (Å²) in [5.74, 6) is 0.134. The Morgan fingerprint density at radius 3 is 2.79 bits per heavy atom. The molecule has 2 aromatic carbocycles. The molecular weight excluding hydrogens is 525 g/mol. The van der Waals surface area contributed by atoms with Crippen LogP contribution in [0.1, 0.15) is 20.6 Å². The summed E-state index contributed by atoms with van der Waals surface area (Å²) in [7, 11) is 1.58. The maximum absolute atomic E-state index is 13.1. The Bertz CT molecular complexity index is 1440. The molecule has 5 rings (SSSR count). The summed E-state index contributed by atoms with van der Waals surface area (Å²) in [5.41, 5.74) is 4.03. The number of hydrazine groups is 1. The Labute approximate surface area is 211 Å². The molecule has 1 fully saturated rings. The number of thiophene rings is 1. The highest BCUT2D eigenvalue weighted by atomic mass is 35.5. The summed E-state index contributed by atoms with van der Waals surface area (Å²) >= 11 is 21.6. The molecule has 1 N–H and O–H groups in total. The second-order valence-corrected chi connectivity index (χ2v) is 10.5. The largest absolute Gasteiger partial charge is 0.497 e. The summed E-state index contributed by atoms with van der Waals surface area (Å²) < 4.78 is 6.12. The molecule has 0 radical (unpaired) electrons. The molecular formula is C22H14Cl3N3O3S2. The quantitative estimate of drug-likeness (QED) is 0.307. The fourth-order valence-corrected chi connectivity index (χ4v) is 6.55. The van der Waals surface area contributed by atoms with E-state index in [4.69, 9.17) is 39.5 Å². The zero-order chi connectivity index (χ0) is 23.3. The van der Waals surface area contributed by atoms with Crippen LogP contribution in [0.5, 0.6) is 5.75 Å². The predicted molar refractivity (Wildman–Crippen MR) is 135 cm³/mol. The lowest BCUT2D eigenvalue weighted by Gasteiger charge is -2.25. The Hall–Kier alpha value is -2.23. The molecule has 11 heteroatoms. The van der Waals surface area contributed by atoms with Crippen molar-refractivity contribution in [3.8, 4) is 5.75 Å². The number of benzene rings is 2. The first-order valence-corrected chi connectivity index (χ1v) is 12.6. The first kappa shape index (κ1) is 22.6. The number of hydrogen-bond acceptors (Lipinski definition) is 6. The van der Waals surface area contributed by atoms with Gasteiger partial charge in [-0.15, -0.1) is 23.1 Å². The SMILES string of the molecule is COc1ccc2nc(Cl)c(C3SCC(=O)N3NC(=O)c3sc4ccc(Cl)cc4c3Cl)cc2c1. The van der Waals surface area contributed by atoms with Gasteiger partial charge in [-0.3, -0.25) is 15.0 Å². The monoisotopic (exact) mass is 537 g/mol. The number of hydrogen-bond donors (Lipinski definition) is 1. The zero-order valence-electron chi connectivity index (χ0n) is 16.9. The minimum absolute atomic E-state index is 0.188. The van der Waals surface area contributed by atoms with Gasteiger partial charge in [0.1, 0.15) is 21.2 Å². The van der Waals surface area contributed by atoms with Gasteiger partial charge in [-0.05, 0) is 42.5 Å². The molecule has 6 nitrogen and oxygen atoms in total. The van der Waals surface area contributed by atoms with Crippen molar-refractivity contribution in [1.82, 2.24) is 15.4 Å². The fourth-order valence-electron chi connectivity index (χ4n) is 3.57. The molecule has 3 heterocycles. The van der Waals surface area contributed by atoms with E-state index in [9.17, 15) is 9.59 Å². The minimum atomic E-state index is -0.542. The highest BCUT2D eigenvalue weighted by Crippen LogP contribution is 2.42. The molecule has 4 aromatic rings. The number of aromatic nitrogens is 1. The number of methoxy groups -OCH3 is 1. The molecule has 0 aliphatic carbocycles. The van der Waals surface area contributed by atoms with Crippen molar-refractivity contribution in [1.29, 1.82) is 0 Å². The van der Waals surface area contributed by atoms with E-state index in [1.165, 1.54) is 28.1 Å². The molecule has 168 valence electrons. The topological polar surface area (TPSA) is 71.5 Å². The second kappa shape index (κ2) is 8.85. The smallest absolute Gasteiger partial charge is 0.281 e. The maximum Gasteiger partial charge on any atom is 0.281 e. The maximum atomic E-state index is 13.1. The number of halogens is 3. The van der Waals surface area contributed by atoms with E-state index in [1.54, 1.807) is 31.4 Å². The highest BCUT2D eigenvalue weighted by Gasteiger charge is 2.37. The number of carbonyl (C=O) groups is 2. The van der Waals surface area contributed by atoms with Gasteiger partial charge in [0.15, 0.2) is 0 Å². The van der Waals surface area contributed by atoms with Gasteiger partial charge in [0.25, 0.3) is 11.8 Å². The Morgan fingerprint density at radius 2 is 2.00 bits per heavy atom. The van der Waals surface area contributed by atoms with Crippen molar-refractivity contribution in [3.63, 3.8) is 0 Å². The Kier molecular flexibility index (Phi) is 6.05. The van der Waals surface area contributed by atoms with Crippen LogP contribution in [0.25, 0.3) is 21.0 Å². The van der Waals surface area contributed by atoms with E-state index in [2.05, 4.69) is 10.4 Å². The van der Waals surface area contributed by atoms with Crippen LogP contribution in [0, 0.1) is 0 Å². The summed E-state index contributed by atoms with van der Waals surface area (Å²) in [6.07, 6.45) is 0. The molecule has 0 bridgehead atoms. The lowest BCUT2D eigenvalue weighted by molar-refractivity contribution is -0.130. The zero-order valence-corrected chi connectivity index (χ0v) is 20.8. The fraction of sp³-hybridized carbons (Fsp3) is 0.136. The van der Waals surface area contributed by atoms with Gasteiger partial charge in [-0.1, -0.05) is 34.8 Å². The molecule has 33 heavy (non-hydrogen) atoms. The molecule has 1 unspecified atom stereocenters. The van der Waals surface area contributed by atoms with Crippen LogP contribution >= 0.6 is 57.9 Å². The van der Waals surface area contributed by atoms with Gasteiger partial charge in [0.2, 0.25) is 0 Å². The number of thioether (sulfide) groups is 1. The number of fused-ring (bicyclic) bond motifs is 2. The van der Waals surface area contributed by atoms with Crippen LogP contribution in [0.2, 0.25) is 15.2 Å². The van der Waals surface area contributed by atoms with Gasteiger partial charge in [-0.25, -0.2) is 9.99 Å². The third kappa shape index (κ3) is 4.11. The predicted octanol–water partition coefficient (Wildman–Crippen LogP) is 6.34. The minimum Gasteiger partial charge on any atom is -0.497 e. The van der Waals surface area contributed by atoms with E-state index in [-0.39, 0.29) is 16.8 Å². The number of nitrogens with zero attached hydrogens (tertiary/aromatic N) is 2. The third-order valence-electron chi connectivity index (χ3n) is 5.15. The number of pyridine rings is 1. The van der Waals surface area contributed by atoms with Gasteiger partial charge in [0, 0.05) is 26.1 Å². The first-order chi connectivity index (χ1) is 15.9. The molecule has 0 spiro atoms. The number of amides is 2. The van der Waals surface area contributed by atoms with Crippen molar-refractivity contribution in [2.75, 3.05) is 12.9 Å². The van der Waals surface area contributed by atoms with Crippen molar-refractivity contribution >= 4 is 90.7 Å². The number of nitrogens with one attached hydrogen (secondary N) is 1. The van der Waals surface area contributed by atoms with Gasteiger partial charge in [0.05, 0.1) is 23.4 Å². The first-order valence-electron chi connectivity index (χ1n) is 9.62. The molecule has 2 amide bonds. The Morgan fingerprint density at radius 1 is 1.18 bits per heavy atom. The summed E-state index contributed by atoms with van der Waals surface area (Å²) in [6.45, 7) is 0. The third-order valence-corrected chi connectivity index (χ3v) is 8.56. The van der Waals surface area contributed by atoms with E-state index >= 15 is 0 Å². The standard InChI is InChI=1S/C22H14Cl3N3O3S2/c1-31-12-3-4-15-10(6-12)7-14(20(25)26-15)22-28(17(29)9-32-22)27-21(30)19-18(24)13-8-11(23)2-5-16(13)33-19/h2-8,22H,9H2,1H3,(H,27,30). The van der Waals surface area contributed by atoms with Gasteiger partial charge >= 0.3 is 0 Å².